The third-order valence-corrected chi connectivity index (χ3v) is 2.45. The summed E-state index contributed by atoms with van der Waals surface area (Å²) in [4.78, 5) is 33.8. The van der Waals surface area contributed by atoms with Crippen LogP contribution in [0.2, 0.25) is 0 Å². The average Bonchev–Trinajstić information content (AvgIpc) is 2.61. The largest absolute Gasteiger partial charge is 0.329 e. The highest BCUT2D eigenvalue weighted by Crippen LogP contribution is 2.20. The molecular weight excluding hydrogens is 226 g/mol. The molecule has 1 aliphatic rings. The monoisotopic (exact) mass is 235 g/mol. The molecule has 1 aromatic rings. The van der Waals surface area contributed by atoms with E-state index in [0.717, 1.165) is 4.90 Å². The summed E-state index contributed by atoms with van der Waals surface area (Å²) >= 11 is 0. The summed E-state index contributed by atoms with van der Waals surface area (Å²) < 4.78 is 0. The summed E-state index contributed by atoms with van der Waals surface area (Å²) in [6.07, 6.45) is 0. The van der Waals surface area contributed by atoms with E-state index in [-0.39, 0.29) is 24.7 Å². The fourth-order valence-electron chi connectivity index (χ4n) is 1.61. The van der Waals surface area contributed by atoms with E-state index in [1.165, 1.54) is 18.2 Å². The van der Waals surface area contributed by atoms with Crippen LogP contribution in [0.3, 0.4) is 0 Å². The molecule has 0 spiro atoms. The first kappa shape index (κ1) is 11.1. The summed E-state index contributed by atoms with van der Waals surface area (Å²) in [5.41, 5.74) is 0.239. The van der Waals surface area contributed by atoms with E-state index >= 15 is 0 Å². The third-order valence-electron chi connectivity index (χ3n) is 2.45. The van der Waals surface area contributed by atoms with Gasteiger partial charge >= 0.3 is 6.03 Å². The van der Waals surface area contributed by atoms with Crippen molar-refractivity contribution in [3.8, 4) is 0 Å². The van der Waals surface area contributed by atoms with Crippen molar-refractivity contribution in [2.24, 2.45) is 0 Å². The number of amides is 3. The van der Waals surface area contributed by atoms with Gasteiger partial charge in [-0.3, -0.25) is 19.8 Å². The summed E-state index contributed by atoms with van der Waals surface area (Å²) in [5, 5.41) is 13.1. The zero-order valence-corrected chi connectivity index (χ0v) is 8.75. The van der Waals surface area contributed by atoms with Crippen LogP contribution in [0.15, 0.2) is 24.3 Å². The molecule has 0 unspecified atom stereocenters. The van der Waals surface area contributed by atoms with E-state index in [2.05, 4.69) is 5.32 Å². The molecule has 1 aromatic carbocycles. The second kappa shape index (κ2) is 4.20. The van der Waals surface area contributed by atoms with Crippen LogP contribution in [0, 0.1) is 10.1 Å². The molecule has 3 amide bonds. The number of carbonyl (C=O) groups excluding carboxylic acids is 2. The Hall–Kier alpha value is -2.44. The third kappa shape index (κ3) is 2.07. The maximum absolute atomic E-state index is 11.3. The maximum atomic E-state index is 11.3. The molecule has 17 heavy (non-hydrogen) atoms. The van der Waals surface area contributed by atoms with Crippen molar-refractivity contribution >= 4 is 17.6 Å². The lowest BCUT2D eigenvalue weighted by Crippen LogP contribution is -2.30. The van der Waals surface area contributed by atoms with Crippen LogP contribution in [-0.4, -0.2) is 28.3 Å². The predicted molar refractivity (Wildman–Crippen MR) is 57.0 cm³/mol. The SMILES string of the molecule is O=C1CNC(=O)N1Cc1ccccc1[N+](=O)[O-]. The number of imide groups is 1. The van der Waals surface area contributed by atoms with Crippen molar-refractivity contribution in [1.82, 2.24) is 10.2 Å². The number of benzene rings is 1. The van der Waals surface area contributed by atoms with Crippen LogP contribution >= 0.6 is 0 Å². The van der Waals surface area contributed by atoms with Gasteiger partial charge in [0.15, 0.2) is 0 Å². The Balaban J connectivity index is 2.27. The molecule has 7 nitrogen and oxygen atoms in total. The molecule has 1 fully saturated rings. The van der Waals surface area contributed by atoms with Gasteiger partial charge in [0.25, 0.3) is 5.69 Å². The number of nitrogens with zero attached hydrogens (tertiary/aromatic N) is 2. The van der Waals surface area contributed by atoms with E-state index in [4.69, 9.17) is 0 Å². The zero-order valence-electron chi connectivity index (χ0n) is 8.75. The fourth-order valence-corrected chi connectivity index (χ4v) is 1.61. The molecule has 0 aliphatic carbocycles. The molecule has 7 heteroatoms. The van der Waals surface area contributed by atoms with Crippen LogP contribution in [-0.2, 0) is 11.3 Å². The smallest absolute Gasteiger partial charge is 0.324 e. The number of hydrogen-bond acceptors (Lipinski definition) is 4. The summed E-state index contributed by atoms with van der Waals surface area (Å²) in [6.45, 7) is -0.138. The molecule has 0 radical (unpaired) electrons. The Morgan fingerprint density at radius 1 is 1.35 bits per heavy atom. The highest BCUT2D eigenvalue weighted by atomic mass is 16.6. The van der Waals surface area contributed by atoms with Gasteiger partial charge in [-0.1, -0.05) is 18.2 Å². The number of urea groups is 1. The zero-order chi connectivity index (χ0) is 12.4. The van der Waals surface area contributed by atoms with E-state index in [9.17, 15) is 19.7 Å². The summed E-state index contributed by atoms with van der Waals surface area (Å²) in [5.74, 6) is -0.381. The Morgan fingerprint density at radius 2 is 2.06 bits per heavy atom. The Bertz CT molecular complexity index is 484. The predicted octanol–water partition coefficient (Wildman–Crippen LogP) is 0.647. The second-order valence-corrected chi connectivity index (χ2v) is 3.52. The minimum Gasteiger partial charge on any atom is -0.329 e. The number of hydrogen-bond donors (Lipinski definition) is 1. The van der Waals surface area contributed by atoms with E-state index in [1.807, 2.05) is 0 Å². The number of carbonyl (C=O) groups is 2. The number of nitro benzene ring substituents is 1. The summed E-state index contributed by atoms with van der Waals surface area (Å²) in [6, 6.07) is 5.51. The maximum Gasteiger partial charge on any atom is 0.324 e. The van der Waals surface area contributed by atoms with Crippen molar-refractivity contribution < 1.29 is 14.5 Å². The van der Waals surface area contributed by atoms with Gasteiger partial charge in [-0.25, -0.2) is 4.79 Å². The molecule has 88 valence electrons. The standard InChI is InChI=1S/C10H9N3O4/c14-9-5-11-10(15)12(9)6-7-3-1-2-4-8(7)13(16)17/h1-4H,5-6H2,(H,11,15). The van der Waals surface area contributed by atoms with Crippen LogP contribution in [0.5, 0.6) is 0 Å². The van der Waals surface area contributed by atoms with E-state index in [0.29, 0.717) is 5.56 Å². The minimum atomic E-state index is -0.534. The van der Waals surface area contributed by atoms with Crippen molar-refractivity contribution in [3.05, 3.63) is 39.9 Å². The quantitative estimate of drug-likeness (QED) is 0.473. The van der Waals surface area contributed by atoms with Crippen LogP contribution in [0.1, 0.15) is 5.56 Å². The average molecular weight is 235 g/mol. The first-order chi connectivity index (χ1) is 8.09. The Kier molecular flexibility index (Phi) is 2.73. The molecule has 1 heterocycles. The molecule has 0 bridgehead atoms. The van der Waals surface area contributed by atoms with Gasteiger partial charge in [0.1, 0.15) is 0 Å². The number of para-hydroxylation sites is 1. The second-order valence-electron chi connectivity index (χ2n) is 3.52. The van der Waals surface area contributed by atoms with Gasteiger partial charge in [-0.2, -0.15) is 0 Å². The van der Waals surface area contributed by atoms with Crippen LogP contribution < -0.4 is 5.32 Å². The van der Waals surface area contributed by atoms with E-state index in [1.54, 1.807) is 6.07 Å². The minimum absolute atomic E-state index is 0.0561. The van der Waals surface area contributed by atoms with Gasteiger partial charge in [-0.15, -0.1) is 0 Å². The number of rotatable bonds is 3. The van der Waals surface area contributed by atoms with Crippen molar-refractivity contribution in [2.45, 2.75) is 6.54 Å². The Morgan fingerprint density at radius 3 is 2.65 bits per heavy atom. The van der Waals surface area contributed by atoms with Crippen LogP contribution in [0.4, 0.5) is 10.5 Å². The molecule has 0 saturated carbocycles. The first-order valence-electron chi connectivity index (χ1n) is 4.90. The highest BCUT2D eigenvalue weighted by molar-refractivity contribution is 6.01. The molecule has 0 atom stereocenters. The Labute approximate surface area is 96.2 Å². The molecule has 1 N–H and O–H groups in total. The first-order valence-corrected chi connectivity index (χ1v) is 4.90. The topological polar surface area (TPSA) is 92.6 Å². The molecule has 1 aliphatic heterocycles. The summed E-state index contributed by atoms with van der Waals surface area (Å²) in [7, 11) is 0. The number of nitrogens with one attached hydrogen (secondary N) is 1. The van der Waals surface area contributed by atoms with Crippen LogP contribution in [0.25, 0.3) is 0 Å². The molecule has 2 rings (SSSR count). The molecule has 0 aromatic heterocycles. The number of nitro groups is 1. The lowest BCUT2D eigenvalue weighted by Gasteiger charge is -2.12. The van der Waals surface area contributed by atoms with Gasteiger partial charge in [0, 0.05) is 11.6 Å². The van der Waals surface area contributed by atoms with Gasteiger partial charge in [-0.05, 0) is 0 Å². The van der Waals surface area contributed by atoms with Crippen molar-refractivity contribution in [1.29, 1.82) is 0 Å². The van der Waals surface area contributed by atoms with Gasteiger partial charge < -0.3 is 5.32 Å². The van der Waals surface area contributed by atoms with Crippen molar-refractivity contribution in [2.75, 3.05) is 6.54 Å². The van der Waals surface area contributed by atoms with E-state index < -0.39 is 11.0 Å². The normalized spacial score (nSPS) is 14.9. The van der Waals surface area contributed by atoms with Gasteiger partial charge in [0.05, 0.1) is 18.0 Å². The molecular formula is C10H9N3O4. The highest BCUT2D eigenvalue weighted by Gasteiger charge is 2.30. The van der Waals surface area contributed by atoms with Gasteiger partial charge in [0.2, 0.25) is 5.91 Å². The lowest BCUT2D eigenvalue weighted by molar-refractivity contribution is -0.385. The van der Waals surface area contributed by atoms with Crippen molar-refractivity contribution in [3.63, 3.8) is 0 Å². The lowest BCUT2D eigenvalue weighted by atomic mass is 10.1. The fraction of sp³-hybridized carbons (Fsp3) is 0.200. The molecule has 1 saturated heterocycles.